The van der Waals surface area contributed by atoms with Crippen LogP contribution in [0.2, 0.25) is 0 Å². The molecule has 1 N–H and O–H groups in total. The van der Waals surface area contributed by atoms with E-state index in [4.69, 9.17) is 0 Å². The summed E-state index contributed by atoms with van der Waals surface area (Å²) in [6.07, 6.45) is 1.64. The second kappa shape index (κ2) is 8.87. The Morgan fingerprint density at radius 2 is 1.57 bits per heavy atom. The molecule has 1 saturated heterocycles. The predicted octanol–water partition coefficient (Wildman–Crippen LogP) is 3.46. The zero-order valence-electron chi connectivity index (χ0n) is 17.5. The number of aryl methyl sites for hydroxylation is 3. The van der Waals surface area contributed by atoms with E-state index in [0.29, 0.717) is 23.1 Å². The molecule has 1 aliphatic rings. The van der Waals surface area contributed by atoms with Gasteiger partial charge in [-0.15, -0.1) is 0 Å². The van der Waals surface area contributed by atoms with E-state index >= 15 is 0 Å². The van der Waals surface area contributed by atoms with E-state index in [1.165, 1.54) is 17.0 Å². The van der Waals surface area contributed by atoms with Crippen molar-refractivity contribution in [2.45, 2.75) is 38.5 Å². The van der Waals surface area contributed by atoms with Crippen molar-refractivity contribution in [2.75, 3.05) is 25.0 Å². The van der Waals surface area contributed by atoms with E-state index < -0.39 is 28.5 Å². The first kappa shape index (κ1) is 21.8. The Morgan fingerprint density at radius 3 is 2.17 bits per heavy atom. The van der Waals surface area contributed by atoms with Crippen LogP contribution in [-0.4, -0.2) is 49.2 Å². The second-order valence-corrected chi connectivity index (χ2v) is 9.53. The molecular weight excluding hydrogens is 402 g/mol. The van der Waals surface area contributed by atoms with Crippen molar-refractivity contribution in [3.63, 3.8) is 0 Å². The van der Waals surface area contributed by atoms with Crippen molar-refractivity contribution in [3.05, 3.63) is 59.2 Å². The molecule has 1 aliphatic heterocycles. The summed E-state index contributed by atoms with van der Waals surface area (Å²) in [4.78, 5) is 27.2. The van der Waals surface area contributed by atoms with Gasteiger partial charge in [-0.2, -0.15) is 0 Å². The maximum absolute atomic E-state index is 13.2. The van der Waals surface area contributed by atoms with Crippen LogP contribution in [0.1, 0.15) is 29.5 Å². The van der Waals surface area contributed by atoms with Gasteiger partial charge in [0.25, 0.3) is 10.0 Å². The molecule has 30 heavy (non-hydrogen) atoms. The number of nitrogens with zero attached hydrogens (tertiary/aromatic N) is 2. The first-order valence-corrected chi connectivity index (χ1v) is 11.4. The summed E-state index contributed by atoms with van der Waals surface area (Å²) >= 11 is 0. The Morgan fingerprint density at radius 1 is 0.967 bits per heavy atom. The number of rotatable bonds is 5. The molecule has 0 atom stereocenters. The van der Waals surface area contributed by atoms with Gasteiger partial charge in [0.05, 0.1) is 4.90 Å². The van der Waals surface area contributed by atoms with E-state index in [0.717, 1.165) is 29.5 Å². The molecule has 0 saturated carbocycles. The first-order chi connectivity index (χ1) is 14.2. The molecule has 0 radical (unpaired) electrons. The quantitative estimate of drug-likeness (QED) is 0.789. The summed E-state index contributed by atoms with van der Waals surface area (Å²) in [5.41, 5.74) is 3.41. The molecule has 0 spiro atoms. The Hall–Kier alpha value is -2.87. The fraction of sp³-hybridized carbons (Fsp3) is 0.364. The van der Waals surface area contributed by atoms with E-state index in [1.807, 2.05) is 32.9 Å². The number of amides is 3. The lowest BCUT2D eigenvalue weighted by Crippen LogP contribution is -2.48. The SMILES string of the molecule is Cc1ccc(S(=O)(=O)N(CC(=O)Nc2ccc(C)cc2C)C(=O)N2CCCC2)cc1. The third-order valence-electron chi connectivity index (χ3n) is 5.14. The van der Waals surface area contributed by atoms with Gasteiger partial charge in [0.15, 0.2) is 0 Å². The van der Waals surface area contributed by atoms with Crippen LogP contribution in [0.4, 0.5) is 10.5 Å². The lowest BCUT2D eigenvalue weighted by Gasteiger charge is -2.27. The topological polar surface area (TPSA) is 86.8 Å². The maximum atomic E-state index is 13.2. The van der Waals surface area contributed by atoms with Gasteiger partial charge in [-0.05, 0) is 57.4 Å². The minimum Gasteiger partial charge on any atom is -0.324 e. The minimum atomic E-state index is -4.18. The summed E-state index contributed by atoms with van der Waals surface area (Å²) in [6, 6.07) is 11.1. The van der Waals surface area contributed by atoms with Crippen molar-refractivity contribution >= 4 is 27.6 Å². The van der Waals surface area contributed by atoms with Crippen molar-refractivity contribution in [3.8, 4) is 0 Å². The molecule has 160 valence electrons. The largest absolute Gasteiger partial charge is 0.334 e. The van der Waals surface area contributed by atoms with Gasteiger partial charge in [-0.1, -0.05) is 35.4 Å². The molecule has 7 nitrogen and oxygen atoms in total. The molecule has 0 aromatic heterocycles. The highest BCUT2D eigenvalue weighted by molar-refractivity contribution is 7.89. The summed E-state index contributed by atoms with van der Waals surface area (Å²) in [5.74, 6) is -0.565. The van der Waals surface area contributed by atoms with Gasteiger partial charge >= 0.3 is 6.03 Å². The number of benzene rings is 2. The number of carbonyl (C=O) groups is 2. The van der Waals surface area contributed by atoms with Crippen molar-refractivity contribution < 1.29 is 18.0 Å². The molecule has 1 fully saturated rings. The fourth-order valence-corrected chi connectivity index (χ4v) is 4.78. The molecule has 8 heteroatoms. The van der Waals surface area contributed by atoms with Crippen LogP contribution in [0.3, 0.4) is 0 Å². The molecule has 2 aromatic rings. The third-order valence-corrected chi connectivity index (χ3v) is 6.88. The number of carbonyl (C=O) groups excluding carboxylic acids is 2. The lowest BCUT2D eigenvalue weighted by atomic mass is 10.1. The number of urea groups is 1. The highest BCUT2D eigenvalue weighted by Gasteiger charge is 2.35. The van der Waals surface area contributed by atoms with Gasteiger partial charge < -0.3 is 10.2 Å². The molecule has 1 heterocycles. The highest BCUT2D eigenvalue weighted by Crippen LogP contribution is 2.21. The van der Waals surface area contributed by atoms with Crippen LogP contribution in [-0.2, 0) is 14.8 Å². The van der Waals surface area contributed by atoms with E-state index in [2.05, 4.69) is 5.32 Å². The van der Waals surface area contributed by atoms with E-state index in [-0.39, 0.29) is 4.90 Å². The van der Waals surface area contributed by atoms with Crippen LogP contribution >= 0.6 is 0 Å². The number of sulfonamides is 1. The number of likely N-dealkylation sites (tertiary alicyclic amines) is 1. The first-order valence-electron chi connectivity index (χ1n) is 9.94. The van der Waals surface area contributed by atoms with Crippen molar-refractivity contribution in [1.82, 2.24) is 9.21 Å². The van der Waals surface area contributed by atoms with Gasteiger partial charge in [0, 0.05) is 18.8 Å². The van der Waals surface area contributed by atoms with Gasteiger partial charge in [0.2, 0.25) is 5.91 Å². The smallest absolute Gasteiger partial charge is 0.324 e. The number of hydrogen-bond acceptors (Lipinski definition) is 4. The molecule has 0 aliphatic carbocycles. The van der Waals surface area contributed by atoms with Crippen LogP contribution in [0.15, 0.2) is 47.4 Å². The number of anilines is 1. The van der Waals surface area contributed by atoms with Gasteiger partial charge in [-0.25, -0.2) is 17.5 Å². The van der Waals surface area contributed by atoms with Crippen molar-refractivity contribution in [2.24, 2.45) is 0 Å². The van der Waals surface area contributed by atoms with Gasteiger partial charge in [0.1, 0.15) is 6.54 Å². The molecule has 2 aromatic carbocycles. The van der Waals surface area contributed by atoms with E-state index in [9.17, 15) is 18.0 Å². The average Bonchev–Trinajstić information content (AvgIpc) is 3.23. The zero-order chi connectivity index (χ0) is 21.9. The summed E-state index contributed by atoms with van der Waals surface area (Å²) in [5, 5.41) is 2.73. The Kier molecular flexibility index (Phi) is 6.45. The Labute approximate surface area is 177 Å². The Bertz CT molecular complexity index is 1040. The Balaban J connectivity index is 1.88. The summed E-state index contributed by atoms with van der Waals surface area (Å²) < 4.78 is 27.2. The fourth-order valence-electron chi connectivity index (χ4n) is 3.43. The molecule has 3 amide bonds. The monoisotopic (exact) mass is 429 g/mol. The molecule has 0 bridgehead atoms. The summed E-state index contributed by atoms with van der Waals surface area (Å²) in [7, 11) is -4.18. The number of hydrogen-bond donors (Lipinski definition) is 1. The zero-order valence-corrected chi connectivity index (χ0v) is 18.3. The molecule has 3 rings (SSSR count). The van der Waals surface area contributed by atoms with Crippen LogP contribution in [0, 0.1) is 20.8 Å². The van der Waals surface area contributed by atoms with Crippen LogP contribution in [0.25, 0.3) is 0 Å². The van der Waals surface area contributed by atoms with Crippen LogP contribution < -0.4 is 5.32 Å². The van der Waals surface area contributed by atoms with Gasteiger partial charge in [-0.3, -0.25) is 4.79 Å². The molecule has 0 unspecified atom stereocenters. The lowest BCUT2D eigenvalue weighted by molar-refractivity contribution is -0.116. The average molecular weight is 430 g/mol. The van der Waals surface area contributed by atoms with Crippen molar-refractivity contribution in [1.29, 1.82) is 0 Å². The standard InChI is InChI=1S/C22H27N3O4S/c1-16-6-9-19(10-7-16)30(28,29)25(22(27)24-12-4-5-13-24)15-21(26)23-20-11-8-17(2)14-18(20)3/h6-11,14H,4-5,12-13,15H2,1-3H3,(H,23,26). The predicted molar refractivity (Wildman–Crippen MR) is 116 cm³/mol. The molecular formula is C22H27N3O4S. The highest BCUT2D eigenvalue weighted by atomic mass is 32.2. The third kappa shape index (κ3) is 4.81. The minimum absolute atomic E-state index is 0.0139. The van der Waals surface area contributed by atoms with E-state index in [1.54, 1.807) is 18.2 Å². The number of nitrogens with one attached hydrogen (secondary N) is 1. The van der Waals surface area contributed by atoms with Crippen LogP contribution in [0.5, 0.6) is 0 Å². The second-order valence-electron chi connectivity index (χ2n) is 7.67. The summed E-state index contributed by atoms with van der Waals surface area (Å²) in [6.45, 7) is 6.04. The normalized spacial score (nSPS) is 13.9. The maximum Gasteiger partial charge on any atom is 0.334 e.